The Morgan fingerprint density at radius 1 is 1.54 bits per heavy atom. The van der Waals surface area contributed by atoms with Crippen LogP contribution in [-0.4, -0.2) is 29.5 Å². The fraction of sp³-hybridized carbons (Fsp3) is 0.316. The van der Waals surface area contributed by atoms with Gasteiger partial charge in [0, 0.05) is 34.7 Å². The summed E-state index contributed by atoms with van der Waals surface area (Å²) in [6.07, 6.45) is 1.89. The van der Waals surface area contributed by atoms with E-state index in [1.807, 2.05) is 10.3 Å². The molecule has 144 valence electrons. The van der Waals surface area contributed by atoms with Crippen LogP contribution in [0.3, 0.4) is 0 Å². The van der Waals surface area contributed by atoms with Gasteiger partial charge in [0.2, 0.25) is 0 Å². The summed E-state index contributed by atoms with van der Waals surface area (Å²) in [5, 5.41) is 15.7. The highest BCUT2D eigenvalue weighted by molar-refractivity contribution is 9.10. The van der Waals surface area contributed by atoms with Crippen LogP contribution in [0.15, 0.2) is 45.5 Å². The van der Waals surface area contributed by atoms with Gasteiger partial charge in [-0.25, -0.2) is 14.2 Å². The Morgan fingerprint density at radius 3 is 3.00 bits per heavy atom. The van der Waals surface area contributed by atoms with Crippen LogP contribution >= 0.6 is 27.3 Å². The second-order valence-electron chi connectivity index (χ2n) is 6.57. The lowest BCUT2D eigenvalue weighted by Crippen LogP contribution is -2.45. The van der Waals surface area contributed by atoms with E-state index in [1.165, 1.54) is 30.6 Å². The van der Waals surface area contributed by atoms with Crippen molar-refractivity contribution in [1.29, 1.82) is 5.26 Å². The van der Waals surface area contributed by atoms with Crippen molar-refractivity contribution in [2.24, 2.45) is 5.92 Å². The highest BCUT2D eigenvalue weighted by atomic mass is 79.9. The normalized spacial score (nSPS) is 24.1. The molecule has 28 heavy (non-hydrogen) atoms. The SMILES string of the molecule is COC(=O)C1=C2CC(C#N)CN2C(c2nccs2)NC1c1ccc(F)cc1Br. The molecule has 1 aromatic heterocycles. The number of hydrogen-bond acceptors (Lipinski definition) is 7. The van der Waals surface area contributed by atoms with Crippen LogP contribution < -0.4 is 5.32 Å². The van der Waals surface area contributed by atoms with Crippen molar-refractivity contribution in [3.8, 4) is 6.07 Å². The number of hydrogen-bond donors (Lipinski definition) is 1. The summed E-state index contributed by atoms with van der Waals surface area (Å²) in [5.41, 5.74) is 1.94. The molecule has 0 radical (unpaired) electrons. The topological polar surface area (TPSA) is 78.2 Å². The number of thiazole rings is 1. The molecule has 0 amide bonds. The van der Waals surface area contributed by atoms with Crippen molar-refractivity contribution in [2.45, 2.75) is 18.6 Å². The van der Waals surface area contributed by atoms with E-state index in [4.69, 9.17) is 4.74 Å². The third-order valence-corrected chi connectivity index (χ3v) is 6.50. The summed E-state index contributed by atoms with van der Waals surface area (Å²) in [4.78, 5) is 19.2. The van der Waals surface area contributed by atoms with Crippen molar-refractivity contribution in [2.75, 3.05) is 13.7 Å². The second-order valence-corrected chi connectivity index (χ2v) is 8.35. The number of fused-ring (bicyclic) bond motifs is 1. The minimum atomic E-state index is -0.528. The zero-order valence-corrected chi connectivity index (χ0v) is 17.3. The van der Waals surface area contributed by atoms with E-state index in [1.54, 1.807) is 12.3 Å². The molecule has 1 saturated heterocycles. The van der Waals surface area contributed by atoms with Gasteiger partial charge in [0.05, 0.1) is 30.7 Å². The van der Waals surface area contributed by atoms with E-state index in [2.05, 4.69) is 32.3 Å². The summed E-state index contributed by atoms with van der Waals surface area (Å²) < 4.78 is 19.3. The number of allylic oxidation sites excluding steroid dienone is 1. The van der Waals surface area contributed by atoms with Crippen LogP contribution in [0, 0.1) is 23.1 Å². The second kappa shape index (κ2) is 7.62. The summed E-state index contributed by atoms with van der Waals surface area (Å²) >= 11 is 4.91. The van der Waals surface area contributed by atoms with Crippen LogP contribution in [0.5, 0.6) is 0 Å². The Bertz CT molecular complexity index is 988. The van der Waals surface area contributed by atoms with Gasteiger partial charge in [0.25, 0.3) is 0 Å². The summed E-state index contributed by atoms with van der Waals surface area (Å²) in [6.45, 7) is 0.501. The lowest BCUT2D eigenvalue weighted by atomic mass is 9.92. The summed E-state index contributed by atoms with van der Waals surface area (Å²) in [6, 6.07) is 6.15. The number of nitriles is 1. The Kier molecular flexibility index (Phi) is 5.19. The number of carbonyl (C=O) groups is 1. The molecule has 2 aliphatic heterocycles. The van der Waals surface area contributed by atoms with Gasteiger partial charge in [-0.15, -0.1) is 11.3 Å². The maximum atomic E-state index is 13.6. The molecule has 4 rings (SSSR count). The average molecular weight is 463 g/mol. The van der Waals surface area contributed by atoms with E-state index < -0.39 is 12.0 Å². The lowest BCUT2D eigenvalue weighted by molar-refractivity contribution is -0.137. The molecule has 3 unspecified atom stereocenters. The number of rotatable bonds is 3. The highest BCUT2D eigenvalue weighted by Crippen LogP contribution is 2.45. The van der Waals surface area contributed by atoms with Gasteiger partial charge in [-0.05, 0) is 17.7 Å². The van der Waals surface area contributed by atoms with Crippen molar-refractivity contribution in [3.05, 3.63) is 61.9 Å². The average Bonchev–Trinajstić information content (AvgIpc) is 3.36. The Morgan fingerprint density at radius 2 is 2.36 bits per heavy atom. The fourth-order valence-electron chi connectivity index (χ4n) is 3.77. The maximum absolute atomic E-state index is 13.6. The van der Waals surface area contributed by atoms with Crippen molar-refractivity contribution >= 4 is 33.2 Å². The van der Waals surface area contributed by atoms with Crippen molar-refractivity contribution in [1.82, 2.24) is 15.2 Å². The number of nitrogens with zero attached hydrogens (tertiary/aromatic N) is 3. The largest absolute Gasteiger partial charge is 0.466 e. The summed E-state index contributed by atoms with van der Waals surface area (Å²) in [7, 11) is 1.33. The number of nitrogens with one attached hydrogen (secondary N) is 1. The van der Waals surface area contributed by atoms with Gasteiger partial charge in [0.1, 0.15) is 17.0 Å². The standard InChI is InChI=1S/C19H16BrFN4O2S/c1-27-19(26)15-14-6-10(8-22)9-25(14)17(18-23-4-5-28-18)24-16(15)12-3-2-11(21)7-13(12)20/h2-5,7,10,16-17,24H,6,9H2,1H3. The Labute approximate surface area is 173 Å². The number of ether oxygens (including phenoxy) is 1. The smallest absolute Gasteiger partial charge is 0.337 e. The number of methoxy groups -OCH3 is 1. The van der Waals surface area contributed by atoms with Crippen LogP contribution in [-0.2, 0) is 9.53 Å². The Balaban J connectivity index is 1.89. The van der Waals surface area contributed by atoms with E-state index in [0.29, 0.717) is 23.0 Å². The molecule has 1 N–H and O–H groups in total. The predicted octanol–water partition coefficient (Wildman–Crippen LogP) is 3.66. The first-order valence-electron chi connectivity index (χ1n) is 8.61. The van der Waals surface area contributed by atoms with Crippen LogP contribution in [0.2, 0.25) is 0 Å². The van der Waals surface area contributed by atoms with Gasteiger partial charge in [-0.1, -0.05) is 22.0 Å². The van der Waals surface area contributed by atoms with Gasteiger partial charge in [-0.2, -0.15) is 5.26 Å². The molecule has 2 aliphatic rings. The van der Waals surface area contributed by atoms with Crippen molar-refractivity contribution in [3.63, 3.8) is 0 Å². The third-order valence-electron chi connectivity index (χ3n) is 4.99. The molecule has 3 atom stereocenters. The van der Waals surface area contributed by atoms with E-state index in [-0.39, 0.29) is 17.9 Å². The molecule has 3 heterocycles. The minimum Gasteiger partial charge on any atom is -0.466 e. The quantitative estimate of drug-likeness (QED) is 0.701. The zero-order valence-electron chi connectivity index (χ0n) is 14.9. The van der Waals surface area contributed by atoms with Crippen molar-refractivity contribution < 1.29 is 13.9 Å². The zero-order chi connectivity index (χ0) is 19.8. The molecule has 0 aliphatic carbocycles. The first-order valence-corrected chi connectivity index (χ1v) is 10.3. The van der Waals surface area contributed by atoms with Gasteiger partial charge in [-0.3, -0.25) is 5.32 Å². The van der Waals surface area contributed by atoms with E-state index in [9.17, 15) is 14.4 Å². The van der Waals surface area contributed by atoms with Gasteiger partial charge >= 0.3 is 5.97 Å². The highest BCUT2D eigenvalue weighted by Gasteiger charge is 2.44. The van der Waals surface area contributed by atoms with E-state index >= 15 is 0 Å². The summed E-state index contributed by atoms with van der Waals surface area (Å²) in [5.74, 6) is -1.07. The molecule has 0 saturated carbocycles. The number of carbonyl (C=O) groups excluding carboxylic acids is 1. The fourth-order valence-corrected chi connectivity index (χ4v) is 5.06. The molecule has 6 nitrogen and oxygen atoms in total. The molecule has 1 fully saturated rings. The number of halogens is 2. The molecular weight excluding hydrogens is 447 g/mol. The predicted molar refractivity (Wildman–Crippen MR) is 104 cm³/mol. The molecule has 1 aromatic carbocycles. The monoisotopic (exact) mass is 462 g/mol. The third kappa shape index (κ3) is 3.21. The maximum Gasteiger partial charge on any atom is 0.337 e. The first kappa shape index (κ1) is 19.1. The van der Waals surface area contributed by atoms with Crippen LogP contribution in [0.25, 0.3) is 0 Å². The van der Waals surface area contributed by atoms with Crippen LogP contribution in [0.1, 0.15) is 29.2 Å². The molecule has 2 aromatic rings. The molecule has 9 heteroatoms. The van der Waals surface area contributed by atoms with Gasteiger partial charge in [0.15, 0.2) is 0 Å². The minimum absolute atomic E-state index is 0.227. The molecular formula is C19H16BrFN4O2S. The molecule has 0 bridgehead atoms. The van der Waals surface area contributed by atoms with Gasteiger partial charge < -0.3 is 9.64 Å². The first-order chi connectivity index (χ1) is 13.5. The lowest BCUT2D eigenvalue weighted by Gasteiger charge is -2.40. The Hall–Kier alpha value is -2.28. The number of benzene rings is 1. The number of aromatic nitrogens is 1. The molecule has 0 spiro atoms. The number of esters is 1. The van der Waals surface area contributed by atoms with E-state index in [0.717, 1.165) is 16.3 Å². The van der Waals surface area contributed by atoms with Crippen LogP contribution in [0.4, 0.5) is 4.39 Å².